The Morgan fingerprint density at radius 2 is 2.00 bits per heavy atom. The van der Waals surface area contributed by atoms with Crippen LogP contribution in [0.3, 0.4) is 0 Å². The van der Waals surface area contributed by atoms with E-state index in [1.807, 2.05) is 0 Å². The molecule has 2 atom stereocenters. The first-order valence-electron chi connectivity index (χ1n) is 4.79. The fraction of sp³-hybridized carbons (Fsp3) is 0.889. The topological polar surface area (TPSA) is 46.5 Å². The largest absolute Gasteiger partial charge is 0.506 e. The van der Waals surface area contributed by atoms with E-state index >= 15 is 0 Å². The monoisotopic (exact) mass is 284 g/mol. The maximum absolute atomic E-state index is 10.5. The van der Waals surface area contributed by atoms with Crippen LogP contribution in [-0.2, 0) is 4.74 Å². The molecule has 14 heavy (non-hydrogen) atoms. The Morgan fingerprint density at radius 3 is 2.43 bits per heavy atom. The lowest BCUT2D eigenvalue weighted by molar-refractivity contribution is 0.0232. The summed E-state index contributed by atoms with van der Waals surface area (Å²) < 4.78 is 4.36. The highest BCUT2D eigenvalue weighted by atomic mass is 79.9. The van der Waals surface area contributed by atoms with Crippen molar-refractivity contribution in [3.63, 3.8) is 0 Å². The normalized spacial score (nSPS) is 22.7. The Hall–Kier alpha value is 0.0400. The predicted molar refractivity (Wildman–Crippen MR) is 58.0 cm³/mol. The predicted octanol–water partition coefficient (Wildman–Crippen LogP) is 3.59. The number of alkyl halides is 2. The van der Waals surface area contributed by atoms with Gasteiger partial charge in [0.2, 0.25) is 0 Å². The van der Waals surface area contributed by atoms with E-state index in [-0.39, 0.29) is 5.92 Å². The molecule has 0 aromatic heterocycles. The second-order valence-corrected chi connectivity index (χ2v) is 5.56. The molecule has 0 aromatic carbocycles. The van der Waals surface area contributed by atoms with Gasteiger partial charge in [0.05, 0.1) is 0 Å². The van der Waals surface area contributed by atoms with E-state index < -0.39 is 16.5 Å². The van der Waals surface area contributed by atoms with Crippen molar-refractivity contribution in [3.8, 4) is 0 Å². The van der Waals surface area contributed by atoms with E-state index in [2.05, 4.69) is 15.9 Å². The third kappa shape index (κ3) is 3.65. The molecule has 0 saturated heterocycles. The standard InChI is InChI=1S/C9H14BrClO3/c10-8(11)7(14-9(12)13)6-4-2-1-3-5-6/h6-8H,1-5H2,(H,12,13). The Balaban J connectivity index is 2.51. The van der Waals surface area contributed by atoms with Crippen LogP contribution in [0, 0.1) is 5.92 Å². The number of carbonyl (C=O) groups is 1. The number of carboxylic acid groups (broad SMARTS) is 1. The maximum Gasteiger partial charge on any atom is 0.506 e. The van der Waals surface area contributed by atoms with Gasteiger partial charge in [0.15, 0.2) is 0 Å². The van der Waals surface area contributed by atoms with Gasteiger partial charge in [-0.3, -0.25) is 0 Å². The minimum absolute atomic E-state index is 0.265. The molecule has 0 heterocycles. The molecule has 0 radical (unpaired) electrons. The number of rotatable bonds is 3. The molecule has 2 unspecified atom stereocenters. The smallest absolute Gasteiger partial charge is 0.450 e. The Morgan fingerprint density at radius 1 is 1.43 bits per heavy atom. The fourth-order valence-corrected chi connectivity index (χ4v) is 2.73. The van der Waals surface area contributed by atoms with Crippen molar-refractivity contribution in [3.05, 3.63) is 0 Å². The summed E-state index contributed by atoms with van der Waals surface area (Å²) in [4.78, 5) is 10.5. The Bertz CT molecular complexity index is 192. The van der Waals surface area contributed by atoms with Gasteiger partial charge >= 0.3 is 6.16 Å². The van der Waals surface area contributed by atoms with E-state index in [1.54, 1.807) is 0 Å². The summed E-state index contributed by atoms with van der Waals surface area (Å²) in [6.07, 6.45) is 3.85. The molecule has 0 aromatic rings. The van der Waals surface area contributed by atoms with Crippen LogP contribution in [-0.4, -0.2) is 21.7 Å². The summed E-state index contributed by atoms with van der Waals surface area (Å²) in [5, 5.41) is 8.56. The SMILES string of the molecule is O=C(O)OC(C(Cl)Br)C1CCCCC1. The summed E-state index contributed by atoms with van der Waals surface area (Å²) in [6, 6.07) is 0. The molecule has 82 valence electrons. The maximum atomic E-state index is 10.5. The summed E-state index contributed by atoms with van der Waals surface area (Å²) >= 11 is 9.03. The second-order valence-electron chi connectivity index (χ2n) is 3.58. The molecule has 0 aliphatic heterocycles. The van der Waals surface area contributed by atoms with Gasteiger partial charge in [-0.05, 0) is 18.8 Å². The van der Waals surface area contributed by atoms with Gasteiger partial charge in [-0.1, -0.05) is 35.2 Å². The lowest BCUT2D eigenvalue weighted by Crippen LogP contribution is -2.33. The molecule has 1 saturated carbocycles. The van der Waals surface area contributed by atoms with E-state index in [9.17, 15) is 4.79 Å². The van der Waals surface area contributed by atoms with Crippen LogP contribution >= 0.6 is 27.5 Å². The molecule has 0 bridgehead atoms. The lowest BCUT2D eigenvalue weighted by Gasteiger charge is -2.29. The van der Waals surface area contributed by atoms with Crippen LogP contribution in [0.25, 0.3) is 0 Å². The van der Waals surface area contributed by atoms with E-state index in [4.69, 9.17) is 21.4 Å². The van der Waals surface area contributed by atoms with Crippen molar-refractivity contribution in [2.24, 2.45) is 5.92 Å². The number of hydrogen-bond acceptors (Lipinski definition) is 2. The van der Waals surface area contributed by atoms with Crippen molar-refractivity contribution < 1.29 is 14.6 Å². The molecule has 3 nitrogen and oxygen atoms in total. The van der Waals surface area contributed by atoms with Crippen molar-refractivity contribution in [1.29, 1.82) is 0 Å². The summed E-state index contributed by atoms with van der Waals surface area (Å²) in [5.74, 6) is 0.265. The zero-order valence-corrected chi connectivity index (χ0v) is 10.1. The first-order valence-corrected chi connectivity index (χ1v) is 6.14. The van der Waals surface area contributed by atoms with Crippen LogP contribution in [0.1, 0.15) is 32.1 Å². The molecule has 1 fully saturated rings. The molecule has 0 spiro atoms. The highest BCUT2D eigenvalue weighted by Crippen LogP contribution is 2.32. The Kier molecular flexibility index (Phi) is 5.02. The molecular weight excluding hydrogens is 271 g/mol. The number of ether oxygens (including phenoxy) is 1. The molecule has 1 aliphatic rings. The van der Waals surface area contributed by atoms with Gasteiger partial charge in [0.25, 0.3) is 0 Å². The second kappa shape index (κ2) is 5.81. The van der Waals surface area contributed by atoms with Crippen LogP contribution in [0.4, 0.5) is 4.79 Å². The molecule has 1 aliphatic carbocycles. The molecule has 1 N–H and O–H groups in total. The van der Waals surface area contributed by atoms with E-state index in [1.165, 1.54) is 6.42 Å². The van der Waals surface area contributed by atoms with Crippen molar-refractivity contribution in [2.75, 3.05) is 0 Å². The summed E-state index contributed by atoms with van der Waals surface area (Å²) in [5.41, 5.74) is 0. The van der Waals surface area contributed by atoms with Crippen molar-refractivity contribution in [2.45, 2.75) is 42.5 Å². The van der Waals surface area contributed by atoms with Gasteiger partial charge in [-0.2, -0.15) is 0 Å². The number of halogens is 2. The molecule has 1 rings (SSSR count). The minimum Gasteiger partial charge on any atom is -0.450 e. The quantitative estimate of drug-likeness (QED) is 0.637. The van der Waals surface area contributed by atoms with E-state index in [0.717, 1.165) is 25.7 Å². The zero-order chi connectivity index (χ0) is 10.6. The molecular formula is C9H14BrClO3. The minimum atomic E-state index is -1.24. The van der Waals surface area contributed by atoms with Gasteiger partial charge in [-0.25, -0.2) is 4.79 Å². The first-order chi connectivity index (χ1) is 6.61. The average Bonchev–Trinajstić information content (AvgIpc) is 2.15. The van der Waals surface area contributed by atoms with Gasteiger partial charge in [0, 0.05) is 0 Å². The van der Waals surface area contributed by atoms with Crippen molar-refractivity contribution in [1.82, 2.24) is 0 Å². The lowest BCUT2D eigenvalue weighted by atomic mass is 9.86. The van der Waals surface area contributed by atoms with Gasteiger partial charge < -0.3 is 9.84 Å². The van der Waals surface area contributed by atoms with Gasteiger partial charge in [0.1, 0.15) is 10.4 Å². The fourth-order valence-electron chi connectivity index (χ4n) is 1.93. The third-order valence-electron chi connectivity index (χ3n) is 2.60. The highest BCUT2D eigenvalue weighted by molar-refractivity contribution is 9.10. The van der Waals surface area contributed by atoms with Gasteiger partial charge in [-0.15, -0.1) is 11.6 Å². The van der Waals surface area contributed by atoms with Crippen LogP contribution in [0.2, 0.25) is 0 Å². The van der Waals surface area contributed by atoms with Crippen LogP contribution in [0.5, 0.6) is 0 Å². The van der Waals surface area contributed by atoms with Crippen LogP contribution < -0.4 is 0 Å². The molecule has 0 amide bonds. The van der Waals surface area contributed by atoms with E-state index in [0.29, 0.717) is 0 Å². The highest BCUT2D eigenvalue weighted by Gasteiger charge is 2.31. The summed E-state index contributed by atoms with van der Waals surface area (Å²) in [6.45, 7) is 0. The third-order valence-corrected chi connectivity index (χ3v) is 3.37. The Labute approximate surface area is 96.9 Å². The first kappa shape index (κ1) is 12.1. The molecule has 5 heteroatoms. The van der Waals surface area contributed by atoms with Crippen molar-refractivity contribution >= 4 is 33.7 Å². The summed E-state index contributed by atoms with van der Waals surface area (Å²) in [7, 11) is 0. The zero-order valence-electron chi connectivity index (χ0n) is 7.79. The number of hydrogen-bond donors (Lipinski definition) is 1. The van der Waals surface area contributed by atoms with Crippen LogP contribution in [0.15, 0.2) is 0 Å². The average molecular weight is 286 g/mol.